The van der Waals surface area contributed by atoms with E-state index in [1.165, 1.54) is 0 Å². The second kappa shape index (κ2) is 10.1. The highest BCUT2D eigenvalue weighted by atomic mass is 32.2. The average Bonchev–Trinajstić information content (AvgIpc) is 3.10. The number of benzene rings is 1. The van der Waals surface area contributed by atoms with Gasteiger partial charge >= 0.3 is 5.97 Å². The van der Waals surface area contributed by atoms with Crippen molar-refractivity contribution in [3.05, 3.63) is 52.7 Å². The molecule has 0 fully saturated rings. The van der Waals surface area contributed by atoms with Gasteiger partial charge in [-0.25, -0.2) is 18.3 Å². The fraction of sp³-hybridized carbons (Fsp3) is 0.440. The third-order valence-corrected chi connectivity index (χ3v) is 7.13. The second-order valence-corrected chi connectivity index (χ2v) is 11.5. The number of aromatic carboxylic acids is 1. The van der Waals surface area contributed by atoms with Gasteiger partial charge < -0.3 is 10.2 Å². The molecular formula is C25H31N3O4S. The number of carbonyl (C=O) groups is 1. The smallest absolute Gasteiger partial charge is 0.354 e. The summed E-state index contributed by atoms with van der Waals surface area (Å²) in [5, 5.41) is 19.5. The van der Waals surface area contributed by atoms with E-state index >= 15 is 0 Å². The highest BCUT2D eigenvalue weighted by molar-refractivity contribution is 7.84. The Kier molecular flexibility index (Phi) is 7.70. The molecule has 0 saturated heterocycles. The van der Waals surface area contributed by atoms with Crippen LogP contribution in [0.15, 0.2) is 30.3 Å². The first kappa shape index (κ1) is 25.1. The summed E-state index contributed by atoms with van der Waals surface area (Å²) in [4.78, 5) is 18.3. The van der Waals surface area contributed by atoms with Gasteiger partial charge in [0.05, 0.1) is 23.0 Å². The van der Waals surface area contributed by atoms with Crippen LogP contribution in [0.4, 0.5) is 0 Å². The molecule has 8 heteroatoms. The van der Waals surface area contributed by atoms with Gasteiger partial charge in [-0.15, -0.1) is 0 Å². The zero-order valence-corrected chi connectivity index (χ0v) is 20.6. The van der Waals surface area contributed by atoms with Crippen molar-refractivity contribution in [3.63, 3.8) is 0 Å². The first-order chi connectivity index (χ1) is 15.5. The molecule has 1 aliphatic rings. The van der Waals surface area contributed by atoms with Gasteiger partial charge in [-0.3, -0.25) is 4.90 Å². The zero-order chi connectivity index (χ0) is 24.3. The molecule has 33 heavy (non-hydrogen) atoms. The quantitative estimate of drug-likeness (QED) is 0.632. The number of aromatic nitrogens is 1. The van der Waals surface area contributed by atoms with Crippen molar-refractivity contribution in [1.82, 2.24) is 14.2 Å². The molecule has 0 spiro atoms. The highest BCUT2D eigenvalue weighted by Gasteiger charge is 2.40. The molecule has 2 N–H and O–H groups in total. The summed E-state index contributed by atoms with van der Waals surface area (Å²) >= 11 is 0. The molecule has 0 bridgehead atoms. The summed E-state index contributed by atoms with van der Waals surface area (Å²) in [5.74, 6) is 5.13. The van der Waals surface area contributed by atoms with Crippen LogP contribution in [-0.4, -0.2) is 66.6 Å². The second-order valence-electron chi connectivity index (χ2n) is 9.32. The van der Waals surface area contributed by atoms with Crippen LogP contribution in [0, 0.1) is 11.8 Å². The van der Waals surface area contributed by atoms with Gasteiger partial charge in [0.1, 0.15) is 16.7 Å². The van der Waals surface area contributed by atoms with Crippen molar-refractivity contribution in [2.45, 2.75) is 44.5 Å². The zero-order valence-electron chi connectivity index (χ0n) is 19.8. The third kappa shape index (κ3) is 5.68. The van der Waals surface area contributed by atoms with Crippen LogP contribution in [-0.2, 0) is 17.5 Å². The van der Waals surface area contributed by atoms with Crippen molar-refractivity contribution in [3.8, 4) is 23.1 Å². The SMILES string of the molecule is CN(C)CC#Cc1cccc(-c2nc(C(=O)O)cc3c2[C@H](CCO)N(S(=O)C(C)(C)C)C3)c1. The first-order valence-electron chi connectivity index (χ1n) is 10.8. The minimum absolute atomic E-state index is 0.0565. The van der Waals surface area contributed by atoms with Gasteiger partial charge in [0.2, 0.25) is 0 Å². The minimum atomic E-state index is -1.35. The Bertz CT molecular complexity index is 1130. The molecule has 7 nitrogen and oxygen atoms in total. The molecule has 3 rings (SSSR count). The number of carboxylic acid groups (broad SMARTS) is 1. The summed E-state index contributed by atoms with van der Waals surface area (Å²) < 4.78 is 14.7. The Morgan fingerprint density at radius 2 is 2.03 bits per heavy atom. The monoisotopic (exact) mass is 469 g/mol. The van der Waals surface area contributed by atoms with Gasteiger partial charge in [0.25, 0.3) is 0 Å². The van der Waals surface area contributed by atoms with Crippen LogP contribution in [0.1, 0.15) is 60.4 Å². The fourth-order valence-corrected chi connectivity index (χ4v) is 5.24. The predicted octanol–water partition coefficient (Wildman–Crippen LogP) is 3.06. The van der Waals surface area contributed by atoms with E-state index in [4.69, 9.17) is 0 Å². The number of hydrogen-bond acceptors (Lipinski definition) is 5. The molecule has 2 aromatic rings. The minimum Gasteiger partial charge on any atom is -0.477 e. The molecule has 1 unspecified atom stereocenters. The van der Waals surface area contributed by atoms with E-state index in [9.17, 15) is 19.2 Å². The number of nitrogens with zero attached hydrogens (tertiary/aromatic N) is 3. The summed E-state index contributed by atoms with van der Waals surface area (Å²) in [6.07, 6.45) is 0.373. The number of aliphatic hydroxyl groups excluding tert-OH is 1. The lowest BCUT2D eigenvalue weighted by molar-refractivity contribution is 0.0690. The Labute approximate surface area is 198 Å². The lowest BCUT2D eigenvalue weighted by atomic mass is 9.95. The van der Waals surface area contributed by atoms with Crippen molar-refractivity contribution in [2.75, 3.05) is 27.2 Å². The molecule has 1 aromatic heterocycles. The van der Waals surface area contributed by atoms with Crippen LogP contribution >= 0.6 is 0 Å². The molecule has 0 radical (unpaired) electrons. The maximum atomic E-state index is 13.3. The van der Waals surface area contributed by atoms with Gasteiger partial charge in [-0.05, 0) is 65.0 Å². The Balaban J connectivity index is 2.16. The molecule has 0 aliphatic carbocycles. The van der Waals surface area contributed by atoms with Gasteiger partial charge in [-0.2, -0.15) is 0 Å². The van der Waals surface area contributed by atoms with E-state index in [1.807, 2.05) is 68.3 Å². The van der Waals surface area contributed by atoms with Gasteiger partial charge in [0, 0.05) is 29.8 Å². The van der Waals surface area contributed by atoms with Crippen LogP contribution in [0.25, 0.3) is 11.3 Å². The average molecular weight is 470 g/mol. The number of rotatable bonds is 6. The Morgan fingerprint density at radius 1 is 1.30 bits per heavy atom. The molecule has 0 amide bonds. The maximum Gasteiger partial charge on any atom is 0.354 e. The number of hydrogen-bond donors (Lipinski definition) is 2. The van der Waals surface area contributed by atoms with Crippen LogP contribution in [0.5, 0.6) is 0 Å². The van der Waals surface area contributed by atoms with Gasteiger partial charge in [-0.1, -0.05) is 24.0 Å². The van der Waals surface area contributed by atoms with Crippen LogP contribution < -0.4 is 0 Å². The summed E-state index contributed by atoms with van der Waals surface area (Å²) in [5.41, 5.74) is 3.63. The van der Waals surface area contributed by atoms with Crippen molar-refractivity contribution in [2.24, 2.45) is 0 Å². The molecule has 2 heterocycles. The number of carboxylic acids is 1. The number of pyridine rings is 1. The molecule has 2 atom stereocenters. The van der Waals surface area contributed by atoms with E-state index in [-0.39, 0.29) is 18.3 Å². The first-order valence-corrected chi connectivity index (χ1v) is 11.9. The van der Waals surface area contributed by atoms with Gasteiger partial charge in [0.15, 0.2) is 0 Å². The number of fused-ring (bicyclic) bond motifs is 1. The van der Waals surface area contributed by atoms with Crippen molar-refractivity contribution >= 4 is 17.0 Å². The predicted molar refractivity (Wildman–Crippen MR) is 130 cm³/mol. The van der Waals surface area contributed by atoms with E-state index in [0.717, 1.165) is 22.3 Å². The molecule has 176 valence electrons. The third-order valence-electron chi connectivity index (χ3n) is 5.27. The van der Waals surface area contributed by atoms with Crippen molar-refractivity contribution in [1.29, 1.82) is 0 Å². The van der Waals surface area contributed by atoms with E-state index in [0.29, 0.717) is 25.2 Å². The molecule has 0 saturated carbocycles. The Morgan fingerprint density at radius 3 is 2.64 bits per heavy atom. The summed E-state index contributed by atoms with van der Waals surface area (Å²) in [6.45, 7) is 6.58. The lowest BCUT2D eigenvalue weighted by Gasteiger charge is -2.30. The normalized spacial score (nSPS) is 16.9. The largest absolute Gasteiger partial charge is 0.477 e. The maximum absolute atomic E-state index is 13.3. The topological polar surface area (TPSA) is 94.0 Å². The van der Waals surface area contributed by atoms with E-state index in [1.54, 1.807) is 6.07 Å². The summed E-state index contributed by atoms with van der Waals surface area (Å²) in [7, 11) is 2.55. The lowest BCUT2D eigenvalue weighted by Crippen LogP contribution is -2.36. The van der Waals surface area contributed by atoms with E-state index < -0.39 is 21.7 Å². The van der Waals surface area contributed by atoms with Crippen LogP contribution in [0.2, 0.25) is 0 Å². The van der Waals surface area contributed by atoms with E-state index in [2.05, 4.69) is 16.8 Å². The van der Waals surface area contributed by atoms with Crippen molar-refractivity contribution < 1.29 is 19.2 Å². The van der Waals surface area contributed by atoms with Crippen LogP contribution in [0.3, 0.4) is 0 Å². The standard InChI is InChI=1S/C25H31N3O4S/c1-25(2,3)33(32)28-16-19-15-20(24(30)31)26-23(22(19)21(28)11-13-29)18-10-6-8-17(14-18)9-7-12-27(4)5/h6,8,10,14-15,21,29H,11-13,16H2,1-5H3,(H,30,31)/t21-,33?/m0/s1. The highest BCUT2D eigenvalue weighted by Crippen LogP contribution is 2.43. The molecule has 1 aliphatic heterocycles. The number of aliphatic hydroxyl groups is 1. The molecule has 1 aromatic carbocycles. The fourth-order valence-electron chi connectivity index (χ4n) is 3.84. The Hall–Kier alpha value is -2.57. The molecular weight excluding hydrogens is 438 g/mol. The summed E-state index contributed by atoms with van der Waals surface area (Å²) in [6, 6.07) is 8.78.